The molecule has 0 fully saturated rings. The average molecular weight is 422 g/mol. The molecular formula is C18H29ClIN. The fraction of sp³-hybridized carbons (Fsp3) is 0.667. The Morgan fingerprint density at radius 3 is 2.33 bits per heavy atom. The number of allylic oxidation sites excluding steroid dienone is 3. The molecule has 0 saturated carbocycles. The van der Waals surface area contributed by atoms with Crippen LogP contribution < -0.4 is 12.4 Å². The predicted octanol–water partition coefficient (Wildman–Crippen LogP) is 1.59. The molecule has 0 N–H and O–H groups in total. The van der Waals surface area contributed by atoms with Crippen molar-refractivity contribution >= 4 is 22.6 Å². The molecule has 1 rings (SSSR count). The van der Waals surface area contributed by atoms with Gasteiger partial charge in [0.15, 0.2) is 0 Å². The molecule has 2 atom stereocenters. The van der Waals surface area contributed by atoms with E-state index in [0.29, 0.717) is 5.92 Å². The second-order valence-corrected chi connectivity index (χ2v) is 8.12. The number of alkyl halides is 1. The van der Waals surface area contributed by atoms with E-state index in [2.05, 4.69) is 74.4 Å². The summed E-state index contributed by atoms with van der Waals surface area (Å²) in [7, 11) is 0. The Morgan fingerprint density at radius 1 is 1.33 bits per heavy atom. The maximum absolute atomic E-state index is 5.70. The number of hydrogen-bond donors (Lipinski definition) is 0. The Labute approximate surface area is 151 Å². The zero-order chi connectivity index (χ0) is 15.2. The molecule has 0 saturated heterocycles. The first-order valence-electron chi connectivity index (χ1n) is 7.77. The summed E-state index contributed by atoms with van der Waals surface area (Å²) >= 11 is 2.68. The first-order valence-corrected chi connectivity index (χ1v) is 8.85. The molecule has 0 bridgehead atoms. The summed E-state index contributed by atoms with van der Waals surface area (Å²) in [5.41, 5.74) is 1.49. The quantitative estimate of drug-likeness (QED) is 0.253. The molecule has 1 nitrogen and oxygen atoms in total. The molecule has 0 aromatic rings. The topological polar surface area (TPSA) is 0 Å². The zero-order valence-corrected chi connectivity index (χ0v) is 16.7. The van der Waals surface area contributed by atoms with Gasteiger partial charge < -0.3 is 16.9 Å². The number of rotatable bonds is 7. The fourth-order valence-corrected chi connectivity index (χ4v) is 4.51. The van der Waals surface area contributed by atoms with Crippen LogP contribution in [0.1, 0.15) is 40.5 Å². The summed E-state index contributed by atoms with van der Waals surface area (Å²) in [5.74, 6) is 3.51. The van der Waals surface area contributed by atoms with E-state index >= 15 is 0 Å². The zero-order valence-electron chi connectivity index (χ0n) is 13.8. The van der Waals surface area contributed by atoms with E-state index < -0.39 is 0 Å². The minimum atomic E-state index is 0. The minimum Gasteiger partial charge on any atom is -1.00 e. The van der Waals surface area contributed by atoms with Crippen molar-refractivity contribution in [2.24, 2.45) is 5.92 Å². The second-order valence-electron chi connectivity index (χ2n) is 6.19. The SMILES string of the molecule is C#CC[N+](CCC)(CCC)CC1(I)C(C)=CC=CC1C.[Cl-]. The highest BCUT2D eigenvalue weighted by Gasteiger charge is 2.43. The molecule has 0 aromatic heterocycles. The molecule has 0 heterocycles. The highest BCUT2D eigenvalue weighted by Crippen LogP contribution is 2.41. The van der Waals surface area contributed by atoms with E-state index in [0.717, 1.165) is 17.6 Å². The van der Waals surface area contributed by atoms with Gasteiger partial charge in [-0.1, -0.05) is 67.2 Å². The molecule has 2 unspecified atom stereocenters. The van der Waals surface area contributed by atoms with Gasteiger partial charge in [-0.2, -0.15) is 0 Å². The van der Waals surface area contributed by atoms with Crippen LogP contribution in [0.25, 0.3) is 0 Å². The molecular weight excluding hydrogens is 393 g/mol. The Bertz CT molecular complexity index is 415. The summed E-state index contributed by atoms with van der Waals surface area (Å²) in [6.45, 7) is 13.5. The van der Waals surface area contributed by atoms with E-state index in [1.807, 2.05) is 0 Å². The van der Waals surface area contributed by atoms with Crippen LogP contribution in [-0.2, 0) is 0 Å². The Balaban J connectivity index is 0.00000400. The summed E-state index contributed by atoms with van der Waals surface area (Å²) < 4.78 is 1.27. The van der Waals surface area contributed by atoms with Crippen LogP contribution in [0.4, 0.5) is 0 Å². The lowest BCUT2D eigenvalue weighted by molar-refractivity contribution is -0.922. The Morgan fingerprint density at radius 2 is 1.90 bits per heavy atom. The number of quaternary nitrogens is 1. The van der Waals surface area contributed by atoms with Gasteiger partial charge in [-0.05, 0) is 31.6 Å². The van der Waals surface area contributed by atoms with Crippen molar-refractivity contribution < 1.29 is 16.9 Å². The molecule has 0 aromatic carbocycles. The van der Waals surface area contributed by atoms with Crippen LogP contribution in [0.3, 0.4) is 0 Å². The van der Waals surface area contributed by atoms with Crippen LogP contribution in [-0.4, -0.2) is 34.1 Å². The van der Waals surface area contributed by atoms with Gasteiger partial charge in [0, 0.05) is 0 Å². The average Bonchev–Trinajstić information content (AvgIpc) is 2.37. The summed E-state index contributed by atoms with van der Waals surface area (Å²) in [4.78, 5) is 0. The molecule has 1 aliphatic rings. The number of hydrogen-bond acceptors (Lipinski definition) is 0. The van der Waals surface area contributed by atoms with E-state index in [-0.39, 0.29) is 15.8 Å². The summed E-state index contributed by atoms with van der Waals surface area (Å²) in [5, 5.41) is 0. The number of terminal acetylenes is 1. The van der Waals surface area contributed by atoms with E-state index in [1.165, 1.54) is 31.5 Å². The molecule has 0 amide bonds. The van der Waals surface area contributed by atoms with Crippen molar-refractivity contribution in [3.05, 3.63) is 23.8 Å². The van der Waals surface area contributed by atoms with Crippen molar-refractivity contribution in [2.45, 2.75) is 44.0 Å². The van der Waals surface area contributed by atoms with Gasteiger partial charge in [0.25, 0.3) is 0 Å². The molecule has 0 aliphatic heterocycles. The third kappa shape index (κ3) is 5.01. The first kappa shape index (κ1) is 21.0. The van der Waals surface area contributed by atoms with Crippen LogP contribution in [0.15, 0.2) is 23.8 Å². The Kier molecular flexibility index (Phi) is 9.23. The monoisotopic (exact) mass is 421 g/mol. The normalized spacial score (nSPS) is 25.0. The van der Waals surface area contributed by atoms with E-state index in [9.17, 15) is 0 Å². The van der Waals surface area contributed by atoms with Gasteiger partial charge in [0.1, 0.15) is 6.54 Å². The molecule has 3 heteroatoms. The van der Waals surface area contributed by atoms with Gasteiger partial charge in [-0.15, -0.1) is 6.42 Å². The fourth-order valence-electron chi connectivity index (χ4n) is 3.40. The van der Waals surface area contributed by atoms with Crippen molar-refractivity contribution in [3.63, 3.8) is 0 Å². The molecule has 120 valence electrons. The molecule has 0 spiro atoms. The van der Waals surface area contributed by atoms with Gasteiger partial charge in [-0.25, -0.2) is 0 Å². The predicted molar refractivity (Wildman–Crippen MR) is 98.0 cm³/mol. The van der Waals surface area contributed by atoms with Crippen molar-refractivity contribution in [2.75, 3.05) is 26.2 Å². The standard InChI is InChI=1S/C18H29IN.ClH/c1-6-12-20(13-7-2,14-8-3)15-18(19)16(4)10-9-11-17(18)5;/h1,9-11,16H,7-8,12-15H2,2-5H3;1H/q+1;/p-1. The summed E-state index contributed by atoms with van der Waals surface area (Å²) in [6.07, 6.45) is 14.9. The highest BCUT2D eigenvalue weighted by atomic mass is 127. The van der Waals surface area contributed by atoms with E-state index in [1.54, 1.807) is 0 Å². The smallest absolute Gasteiger partial charge is 0.140 e. The van der Waals surface area contributed by atoms with Gasteiger partial charge >= 0.3 is 0 Å². The first-order chi connectivity index (χ1) is 9.44. The van der Waals surface area contributed by atoms with Crippen LogP contribution >= 0.6 is 22.6 Å². The van der Waals surface area contributed by atoms with Crippen molar-refractivity contribution in [1.29, 1.82) is 0 Å². The van der Waals surface area contributed by atoms with Crippen molar-refractivity contribution in [1.82, 2.24) is 0 Å². The third-order valence-corrected chi connectivity index (χ3v) is 6.69. The maximum Gasteiger partial charge on any atom is 0.140 e. The minimum absolute atomic E-state index is 0. The summed E-state index contributed by atoms with van der Waals surface area (Å²) in [6, 6.07) is 0. The number of nitrogens with zero attached hydrogens (tertiary/aromatic N) is 1. The van der Waals surface area contributed by atoms with Crippen molar-refractivity contribution in [3.8, 4) is 12.3 Å². The van der Waals surface area contributed by atoms with Crippen LogP contribution in [0, 0.1) is 18.3 Å². The third-order valence-electron chi connectivity index (χ3n) is 4.51. The van der Waals surface area contributed by atoms with Crippen LogP contribution in [0.2, 0.25) is 0 Å². The largest absolute Gasteiger partial charge is 1.00 e. The molecule has 1 aliphatic carbocycles. The van der Waals surface area contributed by atoms with E-state index in [4.69, 9.17) is 6.42 Å². The van der Waals surface area contributed by atoms with Gasteiger partial charge in [0.05, 0.1) is 23.1 Å². The van der Waals surface area contributed by atoms with Gasteiger partial charge in [-0.3, -0.25) is 0 Å². The lowest BCUT2D eigenvalue weighted by Crippen LogP contribution is -3.00. The second kappa shape index (κ2) is 9.22. The lowest BCUT2D eigenvalue weighted by atomic mass is 9.82. The number of halogens is 2. The maximum atomic E-state index is 5.70. The highest BCUT2D eigenvalue weighted by molar-refractivity contribution is 14.1. The molecule has 0 radical (unpaired) electrons. The van der Waals surface area contributed by atoms with Crippen LogP contribution in [0.5, 0.6) is 0 Å². The van der Waals surface area contributed by atoms with Gasteiger partial charge in [0.2, 0.25) is 0 Å². The lowest BCUT2D eigenvalue weighted by Gasteiger charge is -2.46. The Hall–Kier alpha value is 0.0200. The molecule has 21 heavy (non-hydrogen) atoms.